The van der Waals surface area contributed by atoms with Crippen LogP contribution in [-0.4, -0.2) is 19.0 Å². The molecule has 2 nitrogen and oxygen atoms in total. The van der Waals surface area contributed by atoms with Gasteiger partial charge in [0.25, 0.3) is 0 Å². The summed E-state index contributed by atoms with van der Waals surface area (Å²) in [7, 11) is 0. The molecule has 108 valence electrons. The Labute approximate surface area is 117 Å². The van der Waals surface area contributed by atoms with Crippen LogP contribution in [0, 0.1) is 0 Å². The first-order valence-electron chi connectivity index (χ1n) is 6.70. The molecule has 0 amide bonds. The Morgan fingerprint density at radius 1 is 1.25 bits per heavy atom. The minimum absolute atomic E-state index is 0.276. The number of alkyl halides is 2. The van der Waals surface area contributed by atoms with Crippen molar-refractivity contribution in [2.45, 2.75) is 32.2 Å². The Morgan fingerprint density at radius 2 is 2.00 bits per heavy atom. The average Bonchev–Trinajstić information content (AvgIpc) is 2.46. The van der Waals surface area contributed by atoms with Gasteiger partial charge >= 0.3 is 6.61 Å². The largest absolute Gasteiger partial charge is 0.347 e. The predicted molar refractivity (Wildman–Crippen MR) is 74.2 cm³/mol. The monoisotopic (exact) mass is 280 g/mol. The molecule has 0 aromatic heterocycles. The van der Waals surface area contributed by atoms with Crippen LogP contribution in [0.25, 0.3) is 5.57 Å². The van der Waals surface area contributed by atoms with Gasteiger partial charge in [-0.25, -0.2) is 0 Å². The van der Waals surface area contributed by atoms with E-state index in [1.807, 2.05) is 43.3 Å². The molecule has 0 radical (unpaired) electrons. The summed E-state index contributed by atoms with van der Waals surface area (Å²) in [6.07, 6.45) is 6.25. The van der Waals surface area contributed by atoms with Gasteiger partial charge in [-0.3, -0.25) is 4.74 Å². The van der Waals surface area contributed by atoms with E-state index in [-0.39, 0.29) is 6.42 Å². The summed E-state index contributed by atoms with van der Waals surface area (Å²) < 4.78 is 35.3. The third-order valence-corrected chi connectivity index (χ3v) is 3.07. The van der Waals surface area contributed by atoms with E-state index < -0.39 is 12.4 Å². The first-order chi connectivity index (χ1) is 9.65. The van der Waals surface area contributed by atoms with Crippen molar-refractivity contribution in [1.82, 2.24) is 0 Å². The van der Waals surface area contributed by atoms with Gasteiger partial charge in [-0.05, 0) is 23.6 Å². The SMILES string of the molecule is CCCOC1(OC(F)F)C=CC(c2ccccc2)=CC1. The van der Waals surface area contributed by atoms with Gasteiger partial charge in [0.15, 0.2) is 5.79 Å². The number of benzene rings is 1. The van der Waals surface area contributed by atoms with E-state index in [0.29, 0.717) is 6.61 Å². The third-order valence-electron chi connectivity index (χ3n) is 3.07. The molecule has 0 spiro atoms. The van der Waals surface area contributed by atoms with Crippen LogP contribution in [-0.2, 0) is 9.47 Å². The van der Waals surface area contributed by atoms with Crippen molar-refractivity contribution >= 4 is 5.57 Å². The highest BCUT2D eigenvalue weighted by Crippen LogP contribution is 2.32. The fraction of sp³-hybridized carbons (Fsp3) is 0.375. The molecule has 2 rings (SSSR count). The van der Waals surface area contributed by atoms with Gasteiger partial charge < -0.3 is 4.74 Å². The first kappa shape index (κ1) is 14.9. The molecule has 20 heavy (non-hydrogen) atoms. The van der Waals surface area contributed by atoms with Crippen LogP contribution in [0.4, 0.5) is 8.78 Å². The number of hydrogen-bond donors (Lipinski definition) is 0. The van der Waals surface area contributed by atoms with Crippen molar-refractivity contribution in [3.8, 4) is 0 Å². The van der Waals surface area contributed by atoms with Gasteiger partial charge in [-0.2, -0.15) is 8.78 Å². The smallest absolute Gasteiger partial charge is 0.346 e. The molecule has 1 aliphatic rings. The maximum Gasteiger partial charge on any atom is 0.347 e. The second-order valence-corrected chi connectivity index (χ2v) is 4.60. The van der Waals surface area contributed by atoms with E-state index in [0.717, 1.165) is 17.6 Å². The summed E-state index contributed by atoms with van der Waals surface area (Å²) in [6.45, 7) is -0.553. The first-order valence-corrected chi connectivity index (χ1v) is 6.70. The molecule has 1 aliphatic carbocycles. The minimum atomic E-state index is -2.86. The standard InChI is InChI=1S/C16H18F2O2/c1-2-12-19-16(20-15(17)18)10-8-14(9-11-16)13-6-4-3-5-7-13/h3-10,15H,2,11-12H2,1H3. The predicted octanol–water partition coefficient (Wildman–Crippen LogP) is 4.39. The summed E-state index contributed by atoms with van der Waals surface area (Å²) in [5.74, 6) is -1.34. The second kappa shape index (κ2) is 6.77. The molecule has 0 saturated carbocycles. The van der Waals surface area contributed by atoms with E-state index in [4.69, 9.17) is 4.74 Å². The summed E-state index contributed by atoms with van der Waals surface area (Å²) in [6, 6.07) is 9.77. The quantitative estimate of drug-likeness (QED) is 0.719. The highest BCUT2D eigenvalue weighted by Gasteiger charge is 2.33. The van der Waals surface area contributed by atoms with Crippen molar-refractivity contribution in [2.75, 3.05) is 6.61 Å². The molecule has 0 saturated heterocycles. The molecule has 0 N–H and O–H groups in total. The Balaban J connectivity index is 2.13. The van der Waals surface area contributed by atoms with Crippen molar-refractivity contribution in [1.29, 1.82) is 0 Å². The lowest BCUT2D eigenvalue weighted by Gasteiger charge is -2.32. The Bertz CT molecular complexity index is 483. The molecule has 0 fully saturated rings. The molecule has 1 unspecified atom stereocenters. The Hall–Kier alpha value is -1.52. The lowest BCUT2D eigenvalue weighted by Crippen LogP contribution is -2.36. The van der Waals surface area contributed by atoms with Crippen LogP contribution >= 0.6 is 0 Å². The molecule has 4 heteroatoms. The summed E-state index contributed by atoms with van der Waals surface area (Å²) in [4.78, 5) is 0. The molecule has 0 bridgehead atoms. The van der Waals surface area contributed by atoms with Gasteiger partial charge in [-0.15, -0.1) is 0 Å². The average molecular weight is 280 g/mol. The fourth-order valence-electron chi connectivity index (χ4n) is 2.10. The van der Waals surface area contributed by atoms with E-state index in [1.54, 1.807) is 12.2 Å². The zero-order chi connectivity index (χ0) is 14.4. The van der Waals surface area contributed by atoms with Crippen LogP contribution in [0.15, 0.2) is 48.6 Å². The van der Waals surface area contributed by atoms with E-state index in [2.05, 4.69) is 4.74 Å². The number of rotatable bonds is 6. The maximum atomic E-state index is 12.6. The van der Waals surface area contributed by atoms with Gasteiger partial charge in [0.1, 0.15) is 0 Å². The number of ether oxygens (including phenoxy) is 2. The highest BCUT2D eigenvalue weighted by molar-refractivity contribution is 5.75. The van der Waals surface area contributed by atoms with Gasteiger partial charge in [0.2, 0.25) is 0 Å². The highest BCUT2D eigenvalue weighted by atomic mass is 19.3. The zero-order valence-corrected chi connectivity index (χ0v) is 11.4. The molecule has 1 aromatic carbocycles. The summed E-state index contributed by atoms with van der Waals surface area (Å²) in [5, 5.41) is 0. The van der Waals surface area contributed by atoms with Crippen molar-refractivity contribution < 1.29 is 18.3 Å². The zero-order valence-electron chi connectivity index (χ0n) is 11.4. The Kier molecular flexibility index (Phi) is 5.04. The van der Waals surface area contributed by atoms with Gasteiger partial charge in [0.05, 0.1) is 6.61 Å². The van der Waals surface area contributed by atoms with E-state index in [9.17, 15) is 8.78 Å². The summed E-state index contributed by atoms with van der Waals surface area (Å²) >= 11 is 0. The fourth-order valence-corrected chi connectivity index (χ4v) is 2.10. The molecule has 0 heterocycles. The molecule has 1 aromatic rings. The van der Waals surface area contributed by atoms with Gasteiger partial charge in [0, 0.05) is 6.42 Å². The number of allylic oxidation sites excluding steroid dienone is 2. The maximum absolute atomic E-state index is 12.6. The lowest BCUT2D eigenvalue weighted by molar-refractivity contribution is -0.288. The topological polar surface area (TPSA) is 18.5 Å². The molecule has 1 atom stereocenters. The second-order valence-electron chi connectivity index (χ2n) is 4.60. The van der Waals surface area contributed by atoms with Crippen LogP contribution < -0.4 is 0 Å². The van der Waals surface area contributed by atoms with Crippen LogP contribution in [0.1, 0.15) is 25.3 Å². The van der Waals surface area contributed by atoms with Crippen molar-refractivity contribution in [2.24, 2.45) is 0 Å². The minimum Gasteiger partial charge on any atom is -0.346 e. The molecular weight excluding hydrogens is 262 g/mol. The molecular formula is C16H18F2O2. The molecule has 0 aliphatic heterocycles. The van der Waals surface area contributed by atoms with E-state index >= 15 is 0 Å². The number of halogens is 2. The number of hydrogen-bond acceptors (Lipinski definition) is 2. The van der Waals surface area contributed by atoms with Crippen LogP contribution in [0.3, 0.4) is 0 Å². The normalized spacial score (nSPS) is 22.1. The van der Waals surface area contributed by atoms with E-state index in [1.165, 1.54) is 0 Å². The Morgan fingerprint density at radius 3 is 2.55 bits per heavy atom. The van der Waals surface area contributed by atoms with Crippen molar-refractivity contribution in [3.05, 3.63) is 54.1 Å². The summed E-state index contributed by atoms with van der Waals surface area (Å²) in [5.41, 5.74) is 2.03. The van der Waals surface area contributed by atoms with Crippen molar-refractivity contribution in [3.63, 3.8) is 0 Å². The lowest BCUT2D eigenvalue weighted by atomic mass is 9.96. The van der Waals surface area contributed by atoms with Crippen LogP contribution in [0.2, 0.25) is 0 Å². The third kappa shape index (κ3) is 3.74. The van der Waals surface area contributed by atoms with Crippen LogP contribution in [0.5, 0.6) is 0 Å². The van der Waals surface area contributed by atoms with Gasteiger partial charge in [-0.1, -0.05) is 49.4 Å².